The average Bonchev–Trinajstić information content (AvgIpc) is 2.11. The van der Waals surface area contributed by atoms with Gasteiger partial charge in [0.15, 0.2) is 0 Å². The van der Waals surface area contributed by atoms with E-state index in [9.17, 15) is 0 Å². The van der Waals surface area contributed by atoms with Gasteiger partial charge < -0.3 is 0 Å². The quantitative estimate of drug-likeness (QED) is 0.531. The summed E-state index contributed by atoms with van der Waals surface area (Å²) in [6, 6.07) is 0. The monoisotopic (exact) mass is 171 g/mol. The summed E-state index contributed by atoms with van der Waals surface area (Å²) in [4.78, 5) is 0. The summed E-state index contributed by atoms with van der Waals surface area (Å²) in [7, 11) is 0. The Morgan fingerprint density at radius 1 is 1.40 bits per heavy atom. The minimum absolute atomic E-state index is 0.755. The molecule has 0 N–H and O–H groups in total. The summed E-state index contributed by atoms with van der Waals surface area (Å²) in [5.41, 5.74) is 1.55. The van der Waals surface area contributed by atoms with Gasteiger partial charge in [0.2, 0.25) is 0 Å². The fourth-order valence-electron chi connectivity index (χ4n) is 1.68. The first-order valence-electron chi connectivity index (χ1n) is 3.82. The van der Waals surface area contributed by atoms with Gasteiger partial charge in [-0.05, 0) is 0 Å². The SMILES string of the molecule is CC1=[C]([Ti]([CH3])[CH3])C(C)C=C1. The van der Waals surface area contributed by atoms with Crippen molar-refractivity contribution < 1.29 is 17.9 Å². The molecule has 1 heteroatoms. The Labute approximate surface area is 69.9 Å². The molecule has 0 nitrogen and oxygen atoms in total. The molecule has 0 aromatic rings. The van der Waals surface area contributed by atoms with E-state index in [1.165, 1.54) is 0 Å². The van der Waals surface area contributed by atoms with E-state index >= 15 is 0 Å². The third-order valence-electron chi connectivity index (χ3n) is 2.05. The van der Waals surface area contributed by atoms with Gasteiger partial charge >= 0.3 is 69.7 Å². The maximum absolute atomic E-state index is 2.43. The van der Waals surface area contributed by atoms with Gasteiger partial charge in [-0.1, -0.05) is 0 Å². The molecule has 0 aliphatic heterocycles. The molecule has 1 atom stereocenters. The van der Waals surface area contributed by atoms with Crippen molar-refractivity contribution in [1.29, 1.82) is 0 Å². The van der Waals surface area contributed by atoms with Gasteiger partial charge in [-0.15, -0.1) is 0 Å². The van der Waals surface area contributed by atoms with Crippen LogP contribution in [0.4, 0.5) is 0 Å². The molecule has 1 aliphatic rings. The van der Waals surface area contributed by atoms with E-state index in [-0.39, 0.29) is 0 Å². The van der Waals surface area contributed by atoms with Crippen LogP contribution in [-0.4, -0.2) is 0 Å². The van der Waals surface area contributed by atoms with Crippen LogP contribution in [0, 0.1) is 5.92 Å². The molecule has 55 valence electrons. The third kappa shape index (κ3) is 1.43. The molecule has 0 spiro atoms. The van der Waals surface area contributed by atoms with E-state index in [1.807, 2.05) is 0 Å². The topological polar surface area (TPSA) is 0 Å². The molecule has 0 aromatic heterocycles. The van der Waals surface area contributed by atoms with Crippen LogP contribution < -0.4 is 0 Å². The molecule has 1 unspecified atom stereocenters. The number of hydrogen-bond donors (Lipinski definition) is 0. The minimum atomic E-state index is -0.769. The van der Waals surface area contributed by atoms with Gasteiger partial charge in [-0.2, -0.15) is 0 Å². The molecule has 0 aromatic carbocycles. The molecule has 0 saturated carbocycles. The zero-order valence-corrected chi connectivity index (χ0v) is 8.79. The van der Waals surface area contributed by atoms with Crippen LogP contribution in [0.1, 0.15) is 13.8 Å². The van der Waals surface area contributed by atoms with Crippen molar-refractivity contribution in [3.63, 3.8) is 0 Å². The second kappa shape index (κ2) is 3.06. The molecule has 0 bridgehead atoms. The molecular weight excluding hydrogens is 156 g/mol. The first kappa shape index (κ1) is 8.29. The maximum atomic E-state index is 2.43. The van der Waals surface area contributed by atoms with Crippen LogP contribution in [0.15, 0.2) is 21.6 Å². The summed E-state index contributed by atoms with van der Waals surface area (Å²) in [6.45, 7) is 4.55. The Balaban J connectivity index is 2.85. The normalized spacial score (nSPS) is 24.2. The van der Waals surface area contributed by atoms with E-state index in [1.54, 1.807) is 9.45 Å². The second-order valence-corrected chi connectivity index (χ2v) is 7.21. The van der Waals surface area contributed by atoms with Crippen molar-refractivity contribution in [1.82, 2.24) is 0 Å². The summed E-state index contributed by atoms with van der Waals surface area (Å²) < 4.78 is 1.78. The average molecular weight is 171 g/mol. The number of rotatable bonds is 1. The van der Waals surface area contributed by atoms with Gasteiger partial charge in [0, 0.05) is 0 Å². The summed E-state index contributed by atoms with van der Waals surface area (Å²) in [5, 5.41) is 4.87. The standard InChI is InChI=1S/C7H9.2CH3.Ti/c1-6-3-4-7(2)5-6;;;/h3-4,6H,1-2H3;2*1H3;. The molecule has 0 fully saturated rings. The van der Waals surface area contributed by atoms with E-state index in [0.29, 0.717) is 0 Å². The van der Waals surface area contributed by atoms with Crippen molar-refractivity contribution in [3.05, 3.63) is 21.6 Å². The fourth-order valence-corrected chi connectivity index (χ4v) is 4.62. The van der Waals surface area contributed by atoms with E-state index in [4.69, 9.17) is 0 Å². The van der Waals surface area contributed by atoms with Crippen LogP contribution >= 0.6 is 0 Å². The second-order valence-electron chi connectivity index (χ2n) is 3.24. The van der Waals surface area contributed by atoms with Gasteiger partial charge in [-0.25, -0.2) is 0 Å². The Bertz CT molecular complexity index is 187. The van der Waals surface area contributed by atoms with Gasteiger partial charge in [0.05, 0.1) is 0 Å². The van der Waals surface area contributed by atoms with E-state index < -0.39 is 17.9 Å². The van der Waals surface area contributed by atoms with Crippen LogP contribution in [-0.2, 0) is 17.9 Å². The van der Waals surface area contributed by atoms with Crippen molar-refractivity contribution >= 4 is 0 Å². The molecule has 10 heavy (non-hydrogen) atoms. The first-order valence-corrected chi connectivity index (χ1v) is 7.73. The van der Waals surface area contributed by atoms with E-state index in [0.717, 1.165) is 5.92 Å². The summed E-state index contributed by atoms with van der Waals surface area (Å²) in [6.07, 6.45) is 4.60. The Kier molecular flexibility index (Phi) is 2.54. The predicted octanol–water partition coefficient (Wildman–Crippen LogP) is 3.18. The van der Waals surface area contributed by atoms with Crippen LogP contribution in [0.5, 0.6) is 0 Å². The van der Waals surface area contributed by atoms with Gasteiger partial charge in [0.1, 0.15) is 0 Å². The van der Waals surface area contributed by atoms with Gasteiger partial charge in [0.25, 0.3) is 0 Å². The zero-order valence-electron chi connectivity index (χ0n) is 7.23. The molecule has 0 radical (unpaired) electrons. The third-order valence-corrected chi connectivity index (χ3v) is 5.06. The van der Waals surface area contributed by atoms with Crippen molar-refractivity contribution in [2.45, 2.75) is 24.3 Å². The molecule has 1 aliphatic carbocycles. The number of allylic oxidation sites excluding steroid dienone is 4. The number of hydrogen-bond acceptors (Lipinski definition) is 0. The summed E-state index contributed by atoms with van der Waals surface area (Å²) in [5.74, 6) is 0.755. The Morgan fingerprint density at radius 2 is 2.00 bits per heavy atom. The van der Waals surface area contributed by atoms with Crippen molar-refractivity contribution in [3.8, 4) is 0 Å². The van der Waals surface area contributed by atoms with Crippen molar-refractivity contribution in [2.24, 2.45) is 5.92 Å². The Morgan fingerprint density at radius 3 is 2.20 bits per heavy atom. The predicted molar refractivity (Wildman–Crippen MR) is 42.7 cm³/mol. The fraction of sp³-hybridized carbons (Fsp3) is 0.556. The van der Waals surface area contributed by atoms with Crippen LogP contribution in [0.25, 0.3) is 0 Å². The van der Waals surface area contributed by atoms with Crippen molar-refractivity contribution in [2.75, 3.05) is 0 Å². The molecule has 0 amide bonds. The van der Waals surface area contributed by atoms with Crippen LogP contribution in [0.3, 0.4) is 0 Å². The Hall–Kier alpha value is 0.194. The molecular formula is C9H15Ti. The van der Waals surface area contributed by atoms with Crippen LogP contribution in [0.2, 0.25) is 10.5 Å². The molecule has 0 saturated heterocycles. The first-order chi connectivity index (χ1) is 4.63. The molecule has 1 rings (SSSR count). The zero-order chi connectivity index (χ0) is 7.72. The summed E-state index contributed by atoms with van der Waals surface area (Å²) >= 11 is -0.769. The van der Waals surface area contributed by atoms with E-state index in [2.05, 4.69) is 36.5 Å². The molecule has 0 heterocycles. The van der Waals surface area contributed by atoms with Gasteiger partial charge in [-0.3, -0.25) is 0 Å².